The van der Waals surface area contributed by atoms with Crippen molar-refractivity contribution in [2.24, 2.45) is 11.8 Å². The lowest BCUT2D eigenvalue weighted by atomic mass is 9.98. The number of sulfonamides is 2. The van der Waals surface area contributed by atoms with Crippen LogP contribution in [-0.2, 0) is 20.0 Å². The second-order valence-electron chi connectivity index (χ2n) is 7.87. The Morgan fingerprint density at radius 1 is 0.655 bits per heavy atom. The topological polar surface area (TPSA) is 92.3 Å². The van der Waals surface area contributed by atoms with E-state index in [4.69, 9.17) is 0 Å². The van der Waals surface area contributed by atoms with Crippen LogP contribution in [0.5, 0.6) is 0 Å². The van der Waals surface area contributed by atoms with Crippen molar-refractivity contribution in [3.8, 4) is 0 Å². The molecule has 0 radical (unpaired) electrons. The van der Waals surface area contributed by atoms with Crippen LogP contribution in [-0.4, -0.2) is 28.9 Å². The summed E-state index contributed by atoms with van der Waals surface area (Å²) in [5, 5.41) is 0. The summed E-state index contributed by atoms with van der Waals surface area (Å²) in [6, 6.07) is 12.2. The number of aryl methyl sites for hydroxylation is 2. The van der Waals surface area contributed by atoms with Crippen LogP contribution in [0, 0.1) is 25.7 Å². The van der Waals surface area contributed by atoms with E-state index in [0.717, 1.165) is 17.5 Å². The number of nitrogens with one attached hydrogen (secondary N) is 2. The van der Waals surface area contributed by atoms with Crippen LogP contribution in [0.15, 0.2) is 70.5 Å². The highest BCUT2D eigenvalue weighted by Crippen LogP contribution is 2.40. The molecule has 0 heterocycles. The van der Waals surface area contributed by atoms with Gasteiger partial charge in [-0.25, -0.2) is 26.3 Å². The lowest BCUT2D eigenvalue weighted by Crippen LogP contribution is -2.53. The van der Waals surface area contributed by atoms with Crippen molar-refractivity contribution in [3.63, 3.8) is 0 Å². The van der Waals surface area contributed by atoms with Gasteiger partial charge in [0, 0.05) is 12.1 Å². The van der Waals surface area contributed by atoms with Crippen molar-refractivity contribution >= 4 is 20.0 Å². The molecule has 29 heavy (non-hydrogen) atoms. The van der Waals surface area contributed by atoms with Gasteiger partial charge in [0.05, 0.1) is 9.79 Å². The molecular weight excluding hydrogens is 408 g/mol. The maximum Gasteiger partial charge on any atom is 0.240 e. The quantitative estimate of drug-likeness (QED) is 0.686. The summed E-state index contributed by atoms with van der Waals surface area (Å²) in [6.07, 6.45) is 4.68. The van der Waals surface area contributed by atoms with Gasteiger partial charge in [0.25, 0.3) is 0 Å². The van der Waals surface area contributed by atoms with Gasteiger partial charge in [0.1, 0.15) is 0 Å². The van der Waals surface area contributed by atoms with Gasteiger partial charge in [-0.2, -0.15) is 0 Å². The van der Waals surface area contributed by atoms with Crippen LogP contribution < -0.4 is 9.44 Å². The maximum absolute atomic E-state index is 12.9. The first kappa shape index (κ1) is 20.3. The second kappa shape index (κ2) is 7.36. The first-order valence-electron chi connectivity index (χ1n) is 9.52. The van der Waals surface area contributed by atoms with E-state index in [1.165, 1.54) is 0 Å². The summed E-state index contributed by atoms with van der Waals surface area (Å²) in [4.78, 5) is 0.352. The van der Waals surface area contributed by atoms with Gasteiger partial charge in [-0.15, -0.1) is 0 Å². The van der Waals surface area contributed by atoms with E-state index in [9.17, 15) is 16.8 Å². The Morgan fingerprint density at radius 3 is 1.34 bits per heavy atom. The van der Waals surface area contributed by atoms with Crippen LogP contribution in [0.1, 0.15) is 17.5 Å². The smallest absolute Gasteiger partial charge is 0.207 e. The van der Waals surface area contributed by atoms with Crippen LogP contribution >= 0.6 is 0 Å². The Balaban J connectivity index is 1.59. The summed E-state index contributed by atoms with van der Waals surface area (Å²) in [6.45, 7) is 3.78. The number of benzene rings is 2. The highest BCUT2D eigenvalue weighted by atomic mass is 32.2. The fraction of sp³-hybridized carbons (Fsp3) is 0.333. The highest BCUT2D eigenvalue weighted by Gasteiger charge is 2.47. The SMILES string of the molecule is Cc1ccc(S(=O)(=O)N[C@@H]2[C@H](NS(=O)(=O)c3ccc(C)cc3)[C@@H]3C=C[C@H]2C3)cc1. The fourth-order valence-electron chi connectivity index (χ4n) is 4.07. The van der Waals surface area contributed by atoms with Crippen molar-refractivity contribution in [2.75, 3.05) is 0 Å². The van der Waals surface area contributed by atoms with Gasteiger partial charge in [0.2, 0.25) is 20.0 Å². The summed E-state index contributed by atoms with van der Waals surface area (Å²) in [5.41, 5.74) is 1.94. The van der Waals surface area contributed by atoms with Gasteiger partial charge < -0.3 is 0 Å². The Kier molecular flexibility index (Phi) is 5.14. The molecule has 6 nitrogen and oxygen atoms in total. The minimum absolute atomic E-state index is 0.0362. The van der Waals surface area contributed by atoms with Gasteiger partial charge in [0.15, 0.2) is 0 Å². The van der Waals surface area contributed by atoms with Crippen LogP contribution in [0.25, 0.3) is 0 Å². The number of rotatable bonds is 6. The Morgan fingerprint density at radius 2 is 1.00 bits per heavy atom. The van der Waals surface area contributed by atoms with Gasteiger partial charge >= 0.3 is 0 Å². The molecule has 1 fully saturated rings. The molecule has 0 unspecified atom stereocenters. The molecule has 2 aliphatic rings. The number of fused-ring (bicyclic) bond motifs is 2. The standard InChI is InChI=1S/C21H24N2O4S2/c1-14-3-9-18(10-4-14)28(24,25)22-20-16-7-8-17(13-16)21(20)23-29(26,27)19-11-5-15(2)6-12-19/h3-12,16-17,20-23H,13H2,1-2H3/t16-,17+,20-,21+. The first-order chi connectivity index (χ1) is 13.7. The monoisotopic (exact) mass is 432 g/mol. The average molecular weight is 433 g/mol. The second-order valence-corrected chi connectivity index (χ2v) is 11.3. The summed E-state index contributed by atoms with van der Waals surface area (Å²) in [5.74, 6) is -0.0723. The van der Waals surface area contributed by atoms with Crippen molar-refractivity contribution in [1.29, 1.82) is 0 Å². The van der Waals surface area contributed by atoms with E-state index < -0.39 is 32.1 Å². The molecule has 154 valence electrons. The molecule has 2 bridgehead atoms. The third kappa shape index (κ3) is 4.02. The summed E-state index contributed by atoms with van der Waals surface area (Å²) in [7, 11) is -7.52. The highest BCUT2D eigenvalue weighted by molar-refractivity contribution is 7.90. The molecule has 2 aromatic rings. The molecule has 2 N–H and O–H groups in total. The molecule has 1 saturated carbocycles. The van der Waals surface area contributed by atoms with E-state index in [2.05, 4.69) is 9.44 Å². The van der Waals surface area contributed by atoms with E-state index >= 15 is 0 Å². The largest absolute Gasteiger partial charge is 0.240 e. The van der Waals surface area contributed by atoms with Crippen LogP contribution in [0.4, 0.5) is 0 Å². The van der Waals surface area contributed by atoms with E-state index in [1.54, 1.807) is 48.5 Å². The van der Waals surface area contributed by atoms with Gasteiger partial charge in [-0.1, -0.05) is 47.5 Å². The van der Waals surface area contributed by atoms with Crippen LogP contribution in [0.3, 0.4) is 0 Å². The predicted molar refractivity (Wildman–Crippen MR) is 111 cm³/mol. The van der Waals surface area contributed by atoms with Crippen molar-refractivity contribution in [2.45, 2.75) is 42.1 Å². The zero-order valence-electron chi connectivity index (χ0n) is 16.2. The predicted octanol–water partition coefficient (Wildman–Crippen LogP) is 2.50. The Labute approximate surface area is 172 Å². The minimum Gasteiger partial charge on any atom is -0.207 e. The molecule has 0 saturated heterocycles. The zero-order valence-corrected chi connectivity index (χ0v) is 17.9. The van der Waals surface area contributed by atoms with Gasteiger partial charge in [-0.3, -0.25) is 0 Å². The van der Waals surface area contributed by atoms with Crippen molar-refractivity contribution < 1.29 is 16.8 Å². The molecule has 0 aliphatic heterocycles. The first-order valence-corrected chi connectivity index (χ1v) is 12.5. The zero-order chi connectivity index (χ0) is 20.8. The lowest BCUT2D eigenvalue weighted by Gasteiger charge is -2.29. The fourth-order valence-corrected chi connectivity index (χ4v) is 6.69. The molecule has 4 rings (SSSR count). The number of hydrogen-bond donors (Lipinski definition) is 2. The van der Waals surface area contributed by atoms with E-state index in [-0.39, 0.29) is 21.6 Å². The Bertz CT molecular complexity index is 1050. The molecule has 2 aliphatic carbocycles. The molecule has 0 aromatic heterocycles. The number of hydrogen-bond acceptors (Lipinski definition) is 4. The third-order valence-electron chi connectivity index (χ3n) is 5.70. The van der Waals surface area contributed by atoms with Crippen LogP contribution in [0.2, 0.25) is 0 Å². The molecule has 2 aromatic carbocycles. The molecule has 0 amide bonds. The van der Waals surface area contributed by atoms with E-state index in [1.807, 2.05) is 26.0 Å². The van der Waals surface area contributed by atoms with Gasteiger partial charge in [-0.05, 0) is 56.4 Å². The summed E-state index contributed by atoms with van der Waals surface area (Å²) < 4.78 is 57.0. The minimum atomic E-state index is -3.76. The third-order valence-corrected chi connectivity index (χ3v) is 8.65. The molecular formula is C21H24N2O4S2. The Hall–Kier alpha value is -2.00. The molecule has 8 heteroatoms. The normalized spacial score (nSPS) is 26.1. The van der Waals surface area contributed by atoms with Crippen molar-refractivity contribution in [3.05, 3.63) is 71.8 Å². The molecule has 0 spiro atoms. The maximum atomic E-state index is 12.9. The van der Waals surface area contributed by atoms with Crippen molar-refractivity contribution in [1.82, 2.24) is 9.44 Å². The summed E-state index contributed by atoms with van der Waals surface area (Å²) >= 11 is 0. The van der Waals surface area contributed by atoms with E-state index in [0.29, 0.717) is 0 Å². The molecule has 4 atom stereocenters. The lowest BCUT2D eigenvalue weighted by molar-refractivity contribution is 0.423. The average Bonchev–Trinajstić information content (AvgIpc) is 3.25.